The Labute approximate surface area is 107 Å². The number of aryl methyl sites for hydroxylation is 1. The average Bonchev–Trinajstić information content (AvgIpc) is 2.36. The van der Waals surface area contributed by atoms with Gasteiger partial charge in [-0.3, -0.25) is 4.79 Å². The van der Waals surface area contributed by atoms with Gasteiger partial charge in [0.15, 0.2) is 0 Å². The second-order valence-electron chi connectivity index (χ2n) is 4.50. The van der Waals surface area contributed by atoms with Crippen LogP contribution in [-0.2, 0) is 9.53 Å². The zero-order chi connectivity index (χ0) is 13.1. The first-order chi connectivity index (χ1) is 8.61. The van der Waals surface area contributed by atoms with Crippen molar-refractivity contribution in [3.8, 4) is 0 Å². The van der Waals surface area contributed by atoms with E-state index < -0.39 is 0 Å². The van der Waals surface area contributed by atoms with Gasteiger partial charge < -0.3 is 20.7 Å². The minimum absolute atomic E-state index is 0.0326. The van der Waals surface area contributed by atoms with Crippen molar-refractivity contribution in [2.24, 2.45) is 0 Å². The summed E-state index contributed by atoms with van der Waals surface area (Å²) < 4.78 is 5.38. The van der Waals surface area contributed by atoms with E-state index in [4.69, 9.17) is 10.5 Å². The van der Waals surface area contributed by atoms with Crippen LogP contribution in [0.15, 0.2) is 18.2 Å². The molecule has 1 aromatic rings. The van der Waals surface area contributed by atoms with Crippen molar-refractivity contribution in [1.29, 1.82) is 0 Å². The maximum atomic E-state index is 11.9. The van der Waals surface area contributed by atoms with Crippen LogP contribution in [0.4, 0.5) is 11.4 Å². The summed E-state index contributed by atoms with van der Waals surface area (Å²) in [4.78, 5) is 13.9. The van der Waals surface area contributed by atoms with Crippen LogP contribution in [0, 0.1) is 6.92 Å². The molecule has 1 aliphatic heterocycles. The summed E-state index contributed by atoms with van der Waals surface area (Å²) in [5.74, 6) is -0.0326. The molecule has 0 aromatic heterocycles. The second-order valence-corrected chi connectivity index (χ2v) is 4.50. The molecule has 1 fully saturated rings. The predicted molar refractivity (Wildman–Crippen MR) is 71.6 cm³/mol. The number of benzene rings is 1. The summed E-state index contributed by atoms with van der Waals surface area (Å²) in [6.45, 7) is 3.73. The normalized spacial score (nSPS) is 19.7. The monoisotopic (exact) mass is 249 g/mol. The van der Waals surface area contributed by atoms with E-state index in [1.165, 1.54) is 0 Å². The summed E-state index contributed by atoms with van der Waals surface area (Å²) in [5, 5.41) is 2.67. The summed E-state index contributed by atoms with van der Waals surface area (Å²) in [7, 11) is 1.64. The Morgan fingerprint density at radius 2 is 2.28 bits per heavy atom. The molecule has 1 saturated heterocycles. The SMILES string of the molecule is CNC(=O)C1COCCN1c1cc(C)cc(N)c1. The molecule has 5 nitrogen and oxygen atoms in total. The molecule has 5 heteroatoms. The van der Waals surface area contributed by atoms with Crippen LogP contribution in [0.1, 0.15) is 5.56 Å². The molecule has 1 unspecified atom stereocenters. The lowest BCUT2D eigenvalue weighted by Crippen LogP contribution is -2.53. The first-order valence-electron chi connectivity index (χ1n) is 6.05. The molecular formula is C13H19N3O2. The number of nitrogens with zero attached hydrogens (tertiary/aromatic N) is 1. The lowest BCUT2D eigenvalue weighted by Gasteiger charge is -2.36. The van der Waals surface area contributed by atoms with Gasteiger partial charge in [0, 0.05) is 25.0 Å². The molecule has 0 saturated carbocycles. The van der Waals surface area contributed by atoms with Crippen LogP contribution in [0.5, 0.6) is 0 Å². The molecule has 18 heavy (non-hydrogen) atoms. The number of rotatable bonds is 2. The maximum Gasteiger partial charge on any atom is 0.244 e. The molecule has 0 radical (unpaired) electrons. The van der Waals surface area contributed by atoms with E-state index in [-0.39, 0.29) is 11.9 Å². The fourth-order valence-electron chi connectivity index (χ4n) is 2.25. The van der Waals surface area contributed by atoms with Crippen LogP contribution in [-0.4, -0.2) is 38.8 Å². The van der Waals surface area contributed by atoms with Crippen molar-refractivity contribution in [3.05, 3.63) is 23.8 Å². The Morgan fingerprint density at radius 1 is 1.50 bits per heavy atom. The van der Waals surface area contributed by atoms with E-state index in [0.717, 1.165) is 11.3 Å². The minimum atomic E-state index is -0.287. The van der Waals surface area contributed by atoms with Gasteiger partial charge in [-0.25, -0.2) is 0 Å². The smallest absolute Gasteiger partial charge is 0.244 e. The highest BCUT2D eigenvalue weighted by Gasteiger charge is 2.29. The third kappa shape index (κ3) is 2.56. The van der Waals surface area contributed by atoms with Crippen LogP contribution >= 0.6 is 0 Å². The van der Waals surface area contributed by atoms with Crippen LogP contribution in [0.25, 0.3) is 0 Å². The lowest BCUT2D eigenvalue weighted by molar-refractivity contribution is -0.124. The Balaban J connectivity index is 2.30. The predicted octanol–water partition coefficient (Wildman–Crippen LogP) is 0.528. The number of hydrogen-bond acceptors (Lipinski definition) is 4. The Hall–Kier alpha value is -1.75. The number of hydrogen-bond donors (Lipinski definition) is 2. The molecule has 2 rings (SSSR count). The van der Waals surface area contributed by atoms with Crippen molar-refractivity contribution in [2.75, 3.05) is 37.4 Å². The first-order valence-corrected chi connectivity index (χ1v) is 6.05. The molecular weight excluding hydrogens is 230 g/mol. The van der Waals surface area contributed by atoms with Gasteiger partial charge in [0.2, 0.25) is 5.91 Å². The molecule has 0 bridgehead atoms. The molecule has 3 N–H and O–H groups in total. The molecule has 0 spiro atoms. The molecule has 1 amide bonds. The molecule has 1 aliphatic rings. The molecule has 1 heterocycles. The third-order valence-corrected chi connectivity index (χ3v) is 3.09. The maximum absolute atomic E-state index is 11.9. The number of nitrogens with one attached hydrogen (secondary N) is 1. The number of nitrogens with two attached hydrogens (primary N) is 1. The van der Waals surface area contributed by atoms with Gasteiger partial charge in [0.05, 0.1) is 13.2 Å². The van der Waals surface area contributed by atoms with Crippen molar-refractivity contribution >= 4 is 17.3 Å². The number of nitrogen functional groups attached to an aromatic ring is 1. The zero-order valence-corrected chi connectivity index (χ0v) is 10.8. The van der Waals surface area contributed by atoms with E-state index in [0.29, 0.717) is 25.4 Å². The highest BCUT2D eigenvalue weighted by Crippen LogP contribution is 2.24. The highest BCUT2D eigenvalue weighted by atomic mass is 16.5. The number of carbonyl (C=O) groups excluding carboxylic acids is 1. The zero-order valence-electron chi connectivity index (χ0n) is 10.8. The van der Waals surface area contributed by atoms with Gasteiger partial charge in [-0.15, -0.1) is 0 Å². The van der Waals surface area contributed by atoms with Gasteiger partial charge in [-0.1, -0.05) is 0 Å². The van der Waals surface area contributed by atoms with Crippen molar-refractivity contribution in [2.45, 2.75) is 13.0 Å². The minimum Gasteiger partial charge on any atom is -0.399 e. The number of amides is 1. The molecule has 1 atom stereocenters. The van der Waals surface area contributed by atoms with Gasteiger partial charge in [0.25, 0.3) is 0 Å². The first kappa shape index (κ1) is 12.7. The van der Waals surface area contributed by atoms with Crippen LogP contribution in [0.2, 0.25) is 0 Å². The van der Waals surface area contributed by atoms with Gasteiger partial charge in [-0.05, 0) is 30.7 Å². The van der Waals surface area contributed by atoms with Gasteiger partial charge in [-0.2, -0.15) is 0 Å². The summed E-state index contributed by atoms with van der Waals surface area (Å²) >= 11 is 0. The fourth-order valence-corrected chi connectivity index (χ4v) is 2.25. The number of carbonyl (C=O) groups is 1. The summed E-state index contributed by atoms with van der Waals surface area (Å²) in [6, 6.07) is 5.56. The molecule has 98 valence electrons. The number of anilines is 2. The Kier molecular flexibility index (Phi) is 3.72. The summed E-state index contributed by atoms with van der Waals surface area (Å²) in [6.07, 6.45) is 0. The number of morpholine rings is 1. The Bertz CT molecular complexity index is 428. The number of ether oxygens (including phenoxy) is 1. The van der Waals surface area contributed by atoms with E-state index in [2.05, 4.69) is 5.32 Å². The number of likely N-dealkylation sites (N-methyl/N-ethyl adjacent to an activating group) is 1. The summed E-state index contributed by atoms with van der Waals surface area (Å²) in [5.41, 5.74) is 8.64. The van der Waals surface area contributed by atoms with E-state index in [1.54, 1.807) is 7.05 Å². The largest absolute Gasteiger partial charge is 0.399 e. The van der Waals surface area contributed by atoms with Gasteiger partial charge >= 0.3 is 0 Å². The highest BCUT2D eigenvalue weighted by molar-refractivity contribution is 5.85. The van der Waals surface area contributed by atoms with Crippen molar-refractivity contribution in [3.63, 3.8) is 0 Å². The topological polar surface area (TPSA) is 67.6 Å². The van der Waals surface area contributed by atoms with Gasteiger partial charge in [0.1, 0.15) is 6.04 Å². The average molecular weight is 249 g/mol. The molecule has 1 aromatic carbocycles. The molecule has 0 aliphatic carbocycles. The fraction of sp³-hybridized carbons (Fsp3) is 0.462. The van der Waals surface area contributed by atoms with Crippen molar-refractivity contribution < 1.29 is 9.53 Å². The van der Waals surface area contributed by atoms with Crippen LogP contribution in [0.3, 0.4) is 0 Å². The Morgan fingerprint density at radius 3 is 2.94 bits per heavy atom. The van der Waals surface area contributed by atoms with Crippen molar-refractivity contribution in [1.82, 2.24) is 5.32 Å². The van der Waals surface area contributed by atoms with E-state index in [1.807, 2.05) is 30.0 Å². The standard InChI is InChI=1S/C13H19N3O2/c1-9-5-10(14)7-11(6-9)16-3-4-18-8-12(16)13(17)15-2/h5-7,12H,3-4,8,14H2,1-2H3,(H,15,17). The second kappa shape index (κ2) is 5.27. The van der Waals surface area contributed by atoms with E-state index in [9.17, 15) is 4.79 Å². The van der Waals surface area contributed by atoms with E-state index >= 15 is 0 Å². The third-order valence-electron chi connectivity index (χ3n) is 3.09. The quantitative estimate of drug-likeness (QED) is 0.750. The lowest BCUT2D eigenvalue weighted by atomic mass is 10.1. The van der Waals surface area contributed by atoms with Crippen LogP contribution < -0.4 is 16.0 Å².